The number of hydrogen-bond acceptors (Lipinski definition) is 3. The predicted molar refractivity (Wildman–Crippen MR) is 45.5 cm³/mol. The van der Waals surface area contributed by atoms with E-state index in [1.807, 2.05) is 0 Å². The van der Waals surface area contributed by atoms with Crippen LogP contribution in [-0.2, 0) is 14.3 Å². The molecule has 2 rings (SSSR count). The maximum Gasteiger partial charge on any atom is 0.257 e. The van der Waals surface area contributed by atoms with E-state index in [9.17, 15) is 4.79 Å². The average molecular weight is 183 g/mol. The van der Waals surface area contributed by atoms with E-state index in [1.54, 1.807) is 4.90 Å². The highest BCUT2D eigenvalue weighted by Crippen LogP contribution is 2.14. The second-order valence-corrected chi connectivity index (χ2v) is 3.27. The molecule has 0 aromatic rings. The lowest BCUT2D eigenvalue weighted by atomic mass is 10.1. The Bertz CT molecular complexity index is 219. The van der Waals surface area contributed by atoms with Gasteiger partial charge in [0, 0.05) is 13.0 Å². The maximum atomic E-state index is 11.4. The Kier molecular flexibility index (Phi) is 2.38. The summed E-state index contributed by atoms with van der Waals surface area (Å²) >= 11 is 0. The zero-order valence-electron chi connectivity index (χ0n) is 7.44. The lowest BCUT2D eigenvalue weighted by Gasteiger charge is -2.28. The quantitative estimate of drug-likeness (QED) is 0.637. The summed E-state index contributed by atoms with van der Waals surface area (Å²) in [6.07, 6.45) is 5.51. The summed E-state index contributed by atoms with van der Waals surface area (Å²) in [5.41, 5.74) is 0. The lowest BCUT2D eigenvalue weighted by Crippen LogP contribution is -2.40. The van der Waals surface area contributed by atoms with Crippen LogP contribution < -0.4 is 0 Å². The third-order valence-corrected chi connectivity index (χ3v) is 2.31. The molecule has 0 aliphatic carbocycles. The van der Waals surface area contributed by atoms with Gasteiger partial charge in [-0.25, -0.2) is 0 Å². The number of carbonyl (C=O) groups is 1. The number of ether oxygens (including phenoxy) is 2. The minimum absolute atomic E-state index is 0.213. The van der Waals surface area contributed by atoms with Crippen LogP contribution in [0.4, 0.5) is 0 Å². The van der Waals surface area contributed by atoms with Crippen molar-refractivity contribution in [3.8, 4) is 0 Å². The number of carbonyl (C=O) groups excluding carboxylic acids is 1. The zero-order valence-corrected chi connectivity index (χ0v) is 7.44. The molecule has 2 heterocycles. The second-order valence-electron chi connectivity index (χ2n) is 3.27. The summed E-state index contributed by atoms with van der Waals surface area (Å²) in [6.45, 7) is 1.38. The number of hydrogen-bond donors (Lipinski definition) is 0. The van der Waals surface area contributed by atoms with Gasteiger partial charge >= 0.3 is 0 Å². The molecular weight excluding hydrogens is 170 g/mol. The van der Waals surface area contributed by atoms with Crippen molar-refractivity contribution < 1.29 is 14.3 Å². The first kappa shape index (κ1) is 8.41. The Morgan fingerprint density at radius 2 is 2.15 bits per heavy atom. The molecule has 0 atom stereocenters. The van der Waals surface area contributed by atoms with Gasteiger partial charge in [-0.2, -0.15) is 0 Å². The number of rotatable bonds is 2. The minimum Gasteiger partial charge on any atom is -0.457 e. The summed E-state index contributed by atoms with van der Waals surface area (Å²) in [4.78, 5) is 13.2. The fraction of sp³-hybridized carbons (Fsp3) is 0.667. The van der Waals surface area contributed by atoms with E-state index in [1.165, 1.54) is 12.5 Å². The van der Waals surface area contributed by atoms with Crippen LogP contribution in [0.2, 0.25) is 0 Å². The van der Waals surface area contributed by atoms with Crippen molar-refractivity contribution in [1.29, 1.82) is 0 Å². The van der Waals surface area contributed by atoms with Crippen molar-refractivity contribution in [2.45, 2.75) is 25.6 Å². The Hall–Kier alpha value is -1.19. The van der Waals surface area contributed by atoms with Gasteiger partial charge < -0.3 is 14.4 Å². The van der Waals surface area contributed by atoms with Gasteiger partial charge in [0.25, 0.3) is 6.29 Å². The van der Waals surface area contributed by atoms with Crippen molar-refractivity contribution in [1.82, 2.24) is 4.90 Å². The molecule has 0 N–H and O–H groups in total. The monoisotopic (exact) mass is 183 g/mol. The van der Waals surface area contributed by atoms with E-state index < -0.39 is 0 Å². The van der Waals surface area contributed by atoms with Crippen LogP contribution in [0.15, 0.2) is 12.5 Å². The lowest BCUT2D eigenvalue weighted by molar-refractivity contribution is -0.138. The maximum absolute atomic E-state index is 11.4. The first-order valence-electron chi connectivity index (χ1n) is 4.60. The van der Waals surface area contributed by atoms with Gasteiger partial charge in [-0.05, 0) is 12.8 Å². The fourth-order valence-electron chi connectivity index (χ4n) is 1.59. The highest BCUT2D eigenvalue weighted by atomic mass is 16.7. The number of nitrogens with zero attached hydrogens (tertiary/aromatic N) is 1. The molecule has 1 saturated heterocycles. The van der Waals surface area contributed by atoms with Gasteiger partial charge in [0.1, 0.15) is 12.5 Å². The van der Waals surface area contributed by atoms with E-state index in [4.69, 9.17) is 9.47 Å². The van der Waals surface area contributed by atoms with Crippen molar-refractivity contribution >= 4 is 5.91 Å². The second kappa shape index (κ2) is 3.68. The highest BCUT2D eigenvalue weighted by molar-refractivity contribution is 5.76. The molecule has 0 aromatic carbocycles. The van der Waals surface area contributed by atoms with E-state index in [0.29, 0.717) is 13.0 Å². The molecule has 1 fully saturated rings. The Labute approximate surface area is 77.1 Å². The third-order valence-electron chi connectivity index (χ3n) is 2.31. The van der Waals surface area contributed by atoms with Crippen molar-refractivity contribution in [2.24, 2.45) is 0 Å². The molecule has 0 bridgehead atoms. The molecule has 72 valence electrons. The van der Waals surface area contributed by atoms with Crippen LogP contribution in [0, 0.1) is 0 Å². The van der Waals surface area contributed by atoms with Gasteiger partial charge in [0.2, 0.25) is 5.91 Å². The first-order chi connectivity index (χ1) is 6.36. The normalized spacial score (nSPS) is 23.1. The molecule has 0 spiro atoms. The topological polar surface area (TPSA) is 38.8 Å². The van der Waals surface area contributed by atoms with E-state index in [-0.39, 0.29) is 12.2 Å². The van der Waals surface area contributed by atoms with Gasteiger partial charge in [-0.3, -0.25) is 4.79 Å². The molecule has 0 saturated carbocycles. The third kappa shape index (κ3) is 1.94. The van der Waals surface area contributed by atoms with Crippen molar-refractivity contribution in [3.05, 3.63) is 12.5 Å². The molecule has 4 heteroatoms. The first-order valence-corrected chi connectivity index (χ1v) is 4.60. The van der Waals surface area contributed by atoms with Crippen LogP contribution in [0.1, 0.15) is 19.3 Å². The standard InChI is InChI=1S/C9H13NO3/c11-8-3-1-2-4-10(8)7-9-12-5-6-13-9/h5-6,9H,1-4,7H2. The van der Waals surface area contributed by atoms with Gasteiger partial charge in [-0.1, -0.05) is 0 Å². The van der Waals surface area contributed by atoms with Crippen molar-refractivity contribution in [2.75, 3.05) is 13.1 Å². The predicted octanol–water partition coefficient (Wildman–Crippen LogP) is 0.843. The highest BCUT2D eigenvalue weighted by Gasteiger charge is 2.23. The van der Waals surface area contributed by atoms with Gasteiger partial charge in [-0.15, -0.1) is 0 Å². The number of piperidine rings is 1. The zero-order chi connectivity index (χ0) is 9.10. The van der Waals surface area contributed by atoms with Crippen LogP contribution in [-0.4, -0.2) is 30.2 Å². The van der Waals surface area contributed by atoms with Crippen LogP contribution in [0.3, 0.4) is 0 Å². The van der Waals surface area contributed by atoms with Crippen LogP contribution in [0.25, 0.3) is 0 Å². The molecule has 4 nitrogen and oxygen atoms in total. The van der Waals surface area contributed by atoms with E-state index >= 15 is 0 Å². The molecule has 1 amide bonds. The molecule has 2 aliphatic rings. The molecular formula is C9H13NO3. The molecule has 2 aliphatic heterocycles. The fourth-order valence-corrected chi connectivity index (χ4v) is 1.59. The van der Waals surface area contributed by atoms with Crippen LogP contribution in [0.5, 0.6) is 0 Å². The largest absolute Gasteiger partial charge is 0.457 e. The van der Waals surface area contributed by atoms with E-state index in [0.717, 1.165) is 19.4 Å². The Balaban J connectivity index is 1.82. The van der Waals surface area contributed by atoms with Gasteiger partial charge in [0.05, 0.1) is 6.54 Å². The average Bonchev–Trinajstić information content (AvgIpc) is 2.61. The summed E-state index contributed by atoms with van der Waals surface area (Å²) in [6, 6.07) is 0. The SMILES string of the molecule is O=C1CCCCN1CC1OC=CO1. The summed E-state index contributed by atoms with van der Waals surface area (Å²) in [5.74, 6) is 0.213. The summed E-state index contributed by atoms with van der Waals surface area (Å²) in [5, 5.41) is 0. The molecule has 0 radical (unpaired) electrons. The van der Waals surface area contributed by atoms with Crippen molar-refractivity contribution in [3.63, 3.8) is 0 Å². The summed E-state index contributed by atoms with van der Waals surface area (Å²) in [7, 11) is 0. The van der Waals surface area contributed by atoms with Gasteiger partial charge in [0.15, 0.2) is 0 Å². The number of amides is 1. The summed E-state index contributed by atoms with van der Waals surface area (Å²) < 4.78 is 10.2. The molecule has 13 heavy (non-hydrogen) atoms. The van der Waals surface area contributed by atoms with E-state index in [2.05, 4.69) is 0 Å². The molecule has 0 unspecified atom stereocenters. The molecule has 0 aromatic heterocycles. The minimum atomic E-state index is -0.290. The van der Waals surface area contributed by atoms with Crippen LogP contribution >= 0.6 is 0 Å². The number of likely N-dealkylation sites (tertiary alicyclic amines) is 1. The Morgan fingerprint density at radius 3 is 2.85 bits per heavy atom. The smallest absolute Gasteiger partial charge is 0.257 e. The Morgan fingerprint density at radius 1 is 1.38 bits per heavy atom.